The Morgan fingerprint density at radius 3 is 2.33 bits per heavy atom. The zero-order valence-corrected chi connectivity index (χ0v) is 18.2. The van der Waals surface area contributed by atoms with Crippen molar-refractivity contribution in [3.8, 4) is 0 Å². The van der Waals surface area contributed by atoms with Gasteiger partial charge in [0, 0.05) is 32.0 Å². The lowest BCUT2D eigenvalue weighted by atomic mass is 10.1. The van der Waals surface area contributed by atoms with Crippen molar-refractivity contribution in [2.75, 3.05) is 10.6 Å². The molecule has 0 aliphatic heterocycles. The van der Waals surface area contributed by atoms with Crippen LogP contribution in [-0.2, 0) is 0 Å². The standard InChI is InChI=1S/C23H16Cl2N2O2S/c1-13-6-7-14(22(28)26-16-10-8-15(24)9-11-16)12-18(13)27-23(29)21-20(25)17-4-2-3-5-19(17)30-21/h2-12H,1H3,(H,26,28)(H,27,29). The summed E-state index contributed by atoms with van der Waals surface area (Å²) in [5, 5.41) is 7.57. The molecule has 2 N–H and O–H groups in total. The van der Waals surface area contributed by atoms with Gasteiger partial charge in [-0.05, 0) is 55.0 Å². The number of amides is 2. The summed E-state index contributed by atoms with van der Waals surface area (Å²) in [7, 11) is 0. The van der Waals surface area contributed by atoms with E-state index >= 15 is 0 Å². The largest absolute Gasteiger partial charge is 0.322 e. The average molecular weight is 455 g/mol. The van der Waals surface area contributed by atoms with Crippen molar-refractivity contribution in [1.82, 2.24) is 0 Å². The first-order valence-electron chi connectivity index (χ1n) is 9.08. The first-order chi connectivity index (χ1) is 14.4. The van der Waals surface area contributed by atoms with Gasteiger partial charge < -0.3 is 10.6 Å². The third kappa shape index (κ3) is 4.19. The third-order valence-electron chi connectivity index (χ3n) is 4.59. The predicted octanol–water partition coefficient (Wildman–Crippen LogP) is 7.02. The van der Waals surface area contributed by atoms with Gasteiger partial charge in [-0.3, -0.25) is 9.59 Å². The Bertz CT molecular complexity index is 1270. The summed E-state index contributed by atoms with van der Waals surface area (Å²) in [5.41, 5.74) is 2.45. The Labute approximate surface area is 187 Å². The number of fused-ring (bicyclic) bond motifs is 1. The number of anilines is 2. The quantitative estimate of drug-likeness (QED) is 0.347. The number of aryl methyl sites for hydroxylation is 1. The van der Waals surface area contributed by atoms with Crippen LogP contribution in [0.25, 0.3) is 10.1 Å². The molecule has 0 atom stereocenters. The number of hydrogen-bond donors (Lipinski definition) is 2. The van der Waals surface area contributed by atoms with Crippen LogP contribution in [0.2, 0.25) is 10.0 Å². The van der Waals surface area contributed by atoms with Crippen molar-refractivity contribution in [3.05, 3.63) is 92.8 Å². The van der Waals surface area contributed by atoms with Crippen LogP contribution in [-0.4, -0.2) is 11.8 Å². The average Bonchev–Trinajstić information content (AvgIpc) is 3.08. The van der Waals surface area contributed by atoms with E-state index in [0.717, 1.165) is 15.6 Å². The normalized spacial score (nSPS) is 10.8. The number of rotatable bonds is 4. The first-order valence-corrected chi connectivity index (χ1v) is 10.7. The Hall–Kier alpha value is -2.86. The molecule has 0 saturated heterocycles. The Balaban J connectivity index is 1.56. The summed E-state index contributed by atoms with van der Waals surface area (Å²) in [6.45, 7) is 1.86. The van der Waals surface area contributed by atoms with Gasteiger partial charge in [-0.2, -0.15) is 0 Å². The third-order valence-corrected chi connectivity index (χ3v) is 6.52. The first kappa shape index (κ1) is 20.4. The lowest BCUT2D eigenvalue weighted by molar-refractivity contribution is 0.101. The number of benzene rings is 3. The van der Waals surface area contributed by atoms with E-state index in [9.17, 15) is 9.59 Å². The van der Waals surface area contributed by atoms with Crippen molar-refractivity contribution in [1.29, 1.82) is 0 Å². The number of halogens is 2. The minimum Gasteiger partial charge on any atom is -0.322 e. The molecule has 0 bridgehead atoms. The van der Waals surface area contributed by atoms with E-state index in [0.29, 0.717) is 31.9 Å². The molecule has 150 valence electrons. The fourth-order valence-electron chi connectivity index (χ4n) is 2.97. The fraction of sp³-hybridized carbons (Fsp3) is 0.0435. The highest BCUT2D eigenvalue weighted by atomic mass is 35.5. The van der Waals surface area contributed by atoms with E-state index in [2.05, 4.69) is 10.6 Å². The molecule has 4 nitrogen and oxygen atoms in total. The van der Waals surface area contributed by atoms with E-state index < -0.39 is 0 Å². The molecule has 0 radical (unpaired) electrons. The molecule has 0 fully saturated rings. The van der Waals surface area contributed by atoms with Crippen LogP contribution in [0.4, 0.5) is 11.4 Å². The van der Waals surface area contributed by atoms with E-state index in [1.54, 1.807) is 42.5 Å². The lowest BCUT2D eigenvalue weighted by Gasteiger charge is -2.11. The van der Waals surface area contributed by atoms with Crippen molar-refractivity contribution >= 4 is 67.8 Å². The maximum Gasteiger partial charge on any atom is 0.267 e. The van der Waals surface area contributed by atoms with Crippen LogP contribution in [0.15, 0.2) is 66.7 Å². The molecule has 0 aliphatic carbocycles. The maximum atomic E-state index is 12.9. The van der Waals surface area contributed by atoms with Gasteiger partial charge in [-0.25, -0.2) is 0 Å². The van der Waals surface area contributed by atoms with Crippen LogP contribution in [0.1, 0.15) is 25.6 Å². The zero-order valence-electron chi connectivity index (χ0n) is 15.8. The highest BCUT2D eigenvalue weighted by Gasteiger charge is 2.18. The molecule has 4 aromatic rings. The smallest absolute Gasteiger partial charge is 0.267 e. The summed E-state index contributed by atoms with van der Waals surface area (Å²) in [5.74, 6) is -0.590. The minimum absolute atomic E-state index is 0.285. The van der Waals surface area contributed by atoms with Gasteiger partial charge in [-0.1, -0.05) is 47.5 Å². The Morgan fingerprint density at radius 1 is 0.867 bits per heavy atom. The maximum absolute atomic E-state index is 12.9. The number of carbonyl (C=O) groups is 2. The summed E-state index contributed by atoms with van der Waals surface area (Å²) in [6, 6.07) is 19.6. The van der Waals surface area contributed by atoms with Gasteiger partial charge in [0.2, 0.25) is 0 Å². The molecule has 7 heteroatoms. The van der Waals surface area contributed by atoms with Gasteiger partial charge in [0.25, 0.3) is 11.8 Å². The molecule has 30 heavy (non-hydrogen) atoms. The van der Waals surface area contributed by atoms with Crippen LogP contribution in [0, 0.1) is 6.92 Å². The number of nitrogens with one attached hydrogen (secondary N) is 2. The van der Waals surface area contributed by atoms with E-state index in [-0.39, 0.29) is 11.8 Å². The summed E-state index contributed by atoms with van der Waals surface area (Å²) < 4.78 is 0.945. The van der Waals surface area contributed by atoms with E-state index in [1.165, 1.54) is 11.3 Å². The van der Waals surface area contributed by atoms with Crippen LogP contribution < -0.4 is 10.6 Å². The van der Waals surface area contributed by atoms with Crippen LogP contribution >= 0.6 is 34.5 Å². The van der Waals surface area contributed by atoms with Crippen molar-refractivity contribution < 1.29 is 9.59 Å². The SMILES string of the molecule is Cc1ccc(C(=O)Nc2ccc(Cl)cc2)cc1NC(=O)c1sc2ccccc2c1Cl. The molecule has 0 spiro atoms. The molecule has 2 amide bonds. The van der Waals surface area contributed by atoms with Gasteiger partial charge in [0.15, 0.2) is 0 Å². The molecule has 1 heterocycles. The lowest BCUT2D eigenvalue weighted by Crippen LogP contribution is -2.15. The predicted molar refractivity (Wildman–Crippen MR) is 125 cm³/mol. The number of thiophene rings is 1. The minimum atomic E-state index is -0.306. The van der Waals surface area contributed by atoms with Gasteiger partial charge in [0.1, 0.15) is 4.88 Å². The number of hydrogen-bond acceptors (Lipinski definition) is 3. The van der Waals surface area contributed by atoms with Crippen molar-refractivity contribution in [2.45, 2.75) is 6.92 Å². The fourth-order valence-corrected chi connectivity index (χ4v) is 4.51. The van der Waals surface area contributed by atoms with E-state index in [4.69, 9.17) is 23.2 Å². The number of carbonyl (C=O) groups excluding carboxylic acids is 2. The highest BCUT2D eigenvalue weighted by Crippen LogP contribution is 2.35. The van der Waals surface area contributed by atoms with Crippen LogP contribution in [0.3, 0.4) is 0 Å². The molecule has 0 saturated carbocycles. The second kappa shape index (κ2) is 8.48. The van der Waals surface area contributed by atoms with Gasteiger partial charge in [0.05, 0.1) is 5.02 Å². The molecular formula is C23H16Cl2N2O2S. The molecule has 4 rings (SSSR count). The summed E-state index contributed by atoms with van der Waals surface area (Å²) in [4.78, 5) is 25.9. The second-order valence-electron chi connectivity index (χ2n) is 6.69. The molecule has 3 aromatic carbocycles. The van der Waals surface area contributed by atoms with E-state index in [1.807, 2.05) is 31.2 Å². The summed E-state index contributed by atoms with van der Waals surface area (Å²) in [6.07, 6.45) is 0. The summed E-state index contributed by atoms with van der Waals surface area (Å²) >= 11 is 13.6. The molecule has 0 unspecified atom stereocenters. The zero-order chi connectivity index (χ0) is 21.3. The Morgan fingerprint density at radius 2 is 1.60 bits per heavy atom. The Kier molecular flexibility index (Phi) is 5.77. The van der Waals surface area contributed by atoms with Crippen molar-refractivity contribution in [3.63, 3.8) is 0 Å². The molecule has 0 aliphatic rings. The van der Waals surface area contributed by atoms with Crippen LogP contribution in [0.5, 0.6) is 0 Å². The monoisotopic (exact) mass is 454 g/mol. The highest BCUT2D eigenvalue weighted by molar-refractivity contribution is 7.21. The second-order valence-corrected chi connectivity index (χ2v) is 8.55. The molecule has 1 aromatic heterocycles. The van der Waals surface area contributed by atoms with Gasteiger partial charge >= 0.3 is 0 Å². The van der Waals surface area contributed by atoms with Crippen molar-refractivity contribution in [2.24, 2.45) is 0 Å². The topological polar surface area (TPSA) is 58.2 Å². The molecular weight excluding hydrogens is 439 g/mol. The van der Waals surface area contributed by atoms with Gasteiger partial charge in [-0.15, -0.1) is 11.3 Å².